The van der Waals surface area contributed by atoms with Gasteiger partial charge in [0.2, 0.25) is 20.0 Å². The molecule has 1 heterocycles. The standard InChI is InChI=1S/C16H22N2O5S3/c1-17(2)25(19,20)15-7-4-8-16(12-15)26(21,22)18(9-10-23-3)13-14-6-5-11-24-14/h4-8,11-12H,9-10,13H2,1-3H3. The van der Waals surface area contributed by atoms with Crippen LogP contribution in [0, 0.1) is 0 Å². The van der Waals surface area contributed by atoms with Gasteiger partial charge in [-0.1, -0.05) is 12.1 Å². The average molecular weight is 419 g/mol. The molecule has 0 aliphatic heterocycles. The SMILES string of the molecule is COCCN(Cc1cccs1)S(=O)(=O)c1cccc(S(=O)(=O)N(C)C)c1. The summed E-state index contributed by atoms with van der Waals surface area (Å²) in [5.41, 5.74) is 0. The van der Waals surface area contributed by atoms with Gasteiger partial charge in [-0.15, -0.1) is 11.3 Å². The van der Waals surface area contributed by atoms with E-state index in [1.54, 1.807) is 0 Å². The van der Waals surface area contributed by atoms with Crippen molar-refractivity contribution < 1.29 is 21.6 Å². The molecule has 0 atom stereocenters. The molecule has 7 nitrogen and oxygen atoms in total. The third-order valence-electron chi connectivity index (χ3n) is 3.68. The van der Waals surface area contributed by atoms with Gasteiger partial charge in [0.25, 0.3) is 0 Å². The Kier molecular flexibility index (Phi) is 6.94. The third kappa shape index (κ3) is 4.70. The lowest BCUT2D eigenvalue weighted by Gasteiger charge is -2.22. The van der Waals surface area contributed by atoms with Crippen molar-refractivity contribution in [2.24, 2.45) is 0 Å². The molecule has 1 aromatic heterocycles. The normalized spacial score (nSPS) is 12.8. The van der Waals surface area contributed by atoms with Gasteiger partial charge in [-0.2, -0.15) is 4.31 Å². The molecule has 0 spiro atoms. The molecule has 144 valence electrons. The summed E-state index contributed by atoms with van der Waals surface area (Å²) in [6.45, 7) is 0.607. The summed E-state index contributed by atoms with van der Waals surface area (Å²) in [7, 11) is -3.30. The highest BCUT2D eigenvalue weighted by Gasteiger charge is 2.27. The molecule has 0 amide bonds. The Bertz CT molecular complexity index is 923. The molecule has 0 aliphatic rings. The number of benzene rings is 1. The van der Waals surface area contributed by atoms with Crippen molar-refractivity contribution in [2.75, 3.05) is 34.4 Å². The first kappa shape index (κ1) is 21.0. The topological polar surface area (TPSA) is 84.0 Å². The van der Waals surface area contributed by atoms with E-state index < -0.39 is 20.0 Å². The molecule has 0 fully saturated rings. The fourth-order valence-corrected chi connectivity index (χ4v) is 5.48. The second-order valence-corrected chi connectivity index (χ2v) is 10.8. The lowest BCUT2D eigenvalue weighted by Crippen LogP contribution is -2.33. The molecule has 1 aromatic carbocycles. The van der Waals surface area contributed by atoms with E-state index in [4.69, 9.17) is 4.74 Å². The van der Waals surface area contributed by atoms with Crippen LogP contribution in [0.1, 0.15) is 4.88 Å². The molecule has 26 heavy (non-hydrogen) atoms. The van der Waals surface area contributed by atoms with Gasteiger partial charge >= 0.3 is 0 Å². The van der Waals surface area contributed by atoms with Gasteiger partial charge in [0.15, 0.2) is 0 Å². The molecule has 0 bridgehead atoms. The number of thiophene rings is 1. The zero-order valence-corrected chi connectivity index (χ0v) is 17.3. The van der Waals surface area contributed by atoms with Gasteiger partial charge < -0.3 is 4.74 Å². The zero-order chi connectivity index (χ0) is 19.4. The third-order valence-corrected chi connectivity index (χ3v) is 8.19. The van der Waals surface area contributed by atoms with Crippen LogP contribution in [0.25, 0.3) is 0 Å². The Balaban J connectivity index is 2.42. The Hall–Kier alpha value is -1.30. The van der Waals surface area contributed by atoms with Gasteiger partial charge in [-0.3, -0.25) is 0 Å². The van der Waals surface area contributed by atoms with E-state index in [0.717, 1.165) is 9.18 Å². The number of sulfonamides is 2. The van der Waals surface area contributed by atoms with E-state index in [9.17, 15) is 16.8 Å². The van der Waals surface area contributed by atoms with Crippen LogP contribution in [0.4, 0.5) is 0 Å². The number of ether oxygens (including phenoxy) is 1. The molecule has 0 radical (unpaired) electrons. The van der Waals surface area contributed by atoms with E-state index in [0.29, 0.717) is 0 Å². The molecule has 2 aromatic rings. The lowest BCUT2D eigenvalue weighted by atomic mass is 10.4. The Morgan fingerprint density at radius 2 is 1.65 bits per heavy atom. The summed E-state index contributed by atoms with van der Waals surface area (Å²) < 4.78 is 58.1. The highest BCUT2D eigenvalue weighted by molar-refractivity contribution is 7.90. The molecular formula is C16H22N2O5S3. The molecule has 10 heteroatoms. The summed E-state index contributed by atoms with van der Waals surface area (Å²) >= 11 is 1.46. The van der Waals surface area contributed by atoms with Crippen LogP contribution in [0.15, 0.2) is 51.6 Å². The van der Waals surface area contributed by atoms with Crippen molar-refractivity contribution in [3.63, 3.8) is 0 Å². The van der Waals surface area contributed by atoms with Crippen LogP contribution in [0.5, 0.6) is 0 Å². The van der Waals surface area contributed by atoms with E-state index in [1.165, 1.54) is 61.1 Å². The van der Waals surface area contributed by atoms with E-state index in [2.05, 4.69) is 0 Å². The molecule has 0 saturated heterocycles. The van der Waals surface area contributed by atoms with Crippen LogP contribution in [0.3, 0.4) is 0 Å². The molecule has 0 N–H and O–H groups in total. The molecule has 2 rings (SSSR count). The quantitative estimate of drug-likeness (QED) is 0.620. The molecule has 0 unspecified atom stereocenters. The van der Waals surface area contributed by atoms with Crippen LogP contribution < -0.4 is 0 Å². The second-order valence-electron chi connectivity index (χ2n) is 5.67. The minimum Gasteiger partial charge on any atom is -0.383 e. The maximum atomic E-state index is 13.1. The summed E-state index contributed by atoms with van der Waals surface area (Å²) in [5.74, 6) is 0. The maximum Gasteiger partial charge on any atom is 0.243 e. The monoisotopic (exact) mass is 418 g/mol. The highest BCUT2D eigenvalue weighted by atomic mass is 32.2. The Labute approximate surface area is 158 Å². The van der Waals surface area contributed by atoms with Crippen molar-refractivity contribution in [1.82, 2.24) is 8.61 Å². The van der Waals surface area contributed by atoms with Crippen molar-refractivity contribution in [3.8, 4) is 0 Å². The van der Waals surface area contributed by atoms with Crippen LogP contribution in [0.2, 0.25) is 0 Å². The summed E-state index contributed by atoms with van der Waals surface area (Å²) in [6.07, 6.45) is 0. The highest BCUT2D eigenvalue weighted by Crippen LogP contribution is 2.23. The first-order valence-electron chi connectivity index (χ1n) is 7.73. The van der Waals surface area contributed by atoms with Crippen molar-refractivity contribution in [2.45, 2.75) is 16.3 Å². The average Bonchev–Trinajstić information content (AvgIpc) is 3.11. The lowest BCUT2D eigenvalue weighted by molar-refractivity contribution is 0.177. The predicted octanol–water partition coefficient (Wildman–Crippen LogP) is 1.84. The minimum atomic E-state index is -3.88. The maximum absolute atomic E-state index is 13.1. The number of rotatable bonds is 9. The number of nitrogens with zero attached hydrogens (tertiary/aromatic N) is 2. The van der Waals surface area contributed by atoms with Crippen molar-refractivity contribution in [3.05, 3.63) is 46.7 Å². The van der Waals surface area contributed by atoms with Gasteiger partial charge in [0, 0.05) is 39.2 Å². The summed E-state index contributed by atoms with van der Waals surface area (Å²) in [6, 6.07) is 9.12. The number of hydrogen-bond acceptors (Lipinski definition) is 6. The van der Waals surface area contributed by atoms with Crippen LogP contribution in [-0.2, 0) is 31.3 Å². The fraction of sp³-hybridized carbons (Fsp3) is 0.375. The van der Waals surface area contributed by atoms with Gasteiger partial charge in [-0.05, 0) is 29.6 Å². The minimum absolute atomic E-state index is 0.0620. The van der Waals surface area contributed by atoms with Gasteiger partial charge in [-0.25, -0.2) is 21.1 Å². The van der Waals surface area contributed by atoms with E-state index >= 15 is 0 Å². The summed E-state index contributed by atoms with van der Waals surface area (Å²) in [5, 5.41) is 1.88. The second kappa shape index (κ2) is 8.59. The van der Waals surface area contributed by atoms with Gasteiger partial charge in [0.1, 0.15) is 0 Å². The smallest absolute Gasteiger partial charge is 0.243 e. The number of hydrogen-bond donors (Lipinski definition) is 0. The Morgan fingerprint density at radius 3 is 2.19 bits per heavy atom. The van der Waals surface area contributed by atoms with Crippen molar-refractivity contribution >= 4 is 31.4 Å². The van der Waals surface area contributed by atoms with Crippen molar-refractivity contribution in [1.29, 1.82) is 0 Å². The molecular weight excluding hydrogens is 396 g/mol. The molecule has 0 aliphatic carbocycles. The Morgan fingerprint density at radius 1 is 1.00 bits per heavy atom. The summed E-state index contributed by atoms with van der Waals surface area (Å²) in [4.78, 5) is 0.765. The van der Waals surface area contributed by atoms with E-state index in [-0.39, 0.29) is 29.5 Å². The van der Waals surface area contributed by atoms with Crippen LogP contribution >= 0.6 is 11.3 Å². The fourth-order valence-electron chi connectivity index (χ4n) is 2.21. The predicted molar refractivity (Wildman–Crippen MR) is 101 cm³/mol. The largest absolute Gasteiger partial charge is 0.383 e. The van der Waals surface area contributed by atoms with Gasteiger partial charge in [0.05, 0.1) is 16.4 Å². The number of methoxy groups -OCH3 is 1. The first-order valence-corrected chi connectivity index (χ1v) is 11.5. The first-order chi connectivity index (χ1) is 12.2. The van der Waals surface area contributed by atoms with E-state index in [1.807, 2.05) is 17.5 Å². The molecule has 0 saturated carbocycles. The van der Waals surface area contributed by atoms with Crippen LogP contribution in [-0.4, -0.2) is 59.8 Å². The zero-order valence-electron chi connectivity index (χ0n) is 14.8.